The van der Waals surface area contributed by atoms with E-state index in [1.807, 2.05) is 19.1 Å². The lowest BCUT2D eigenvalue weighted by Gasteiger charge is -2.31. The van der Waals surface area contributed by atoms with Crippen LogP contribution < -0.4 is 5.32 Å². The number of amides is 3. The molecule has 11 heteroatoms. The normalized spacial score (nSPS) is 13.7. The minimum Gasteiger partial charge on any atom is -0.464 e. The summed E-state index contributed by atoms with van der Waals surface area (Å²) in [5.41, 5.74) is 1.11. The van der Waals surface area contributed by atoms with Crippen molar-refractivity contribution in [3.8, 4) is 0 Å². The number of anilines is 1. The summed E-state index contributed by atoms with van der Waals surface area (Å²) in [6, 6.07) is 14.1. The minimum atomic E-state index is -0.476. The number of rotatable bonds is 10. The molecule has 8 nitrogen and oxygen atoms in total. The second kappa shape index (κ2) is 13.8. The van der Waals surface area contributed by atoms with Crippen LogP contribution in [-0.2, 0) is 22.6 Å². The Labute approximate surface area is 237 Å². The number of furan rings is 1. The zero-order chi connectivity index (χ0) is 27.8. The Bertz CT molecular complexity index is 1260. The van der Waals surface area contributed by atoms with E-state index in [0.717, 1.165) is 24.4 Å². The molecule has 4 rings (SSSR count). The molecule has 0 saturated carbocycles. The van der Waals surface area contributed by atoms with E-state index in [-0.39, 0.29) is 36.4 Å². The van der Waals surface area contributed by atoms with Crippen LogP contribution in [0.25, 0.3) is 0 Å². The van der Waals surface area contributed by atoms with Gasteiger partial charge in [-0.15, -0.1) is 0 Å². The molecule has 0 spiro atoms. The lowest BCUT2D eigenvalue weighted by molar-refractivity contribution is -0.133. The van der Waals surface area contributed by atoms with Gasteiger partial charge >= 0.3 is 6.03 Å². The van der Waals surface area contributed by atoms with Crippen LogP contribution in [0.15, 0.2) is 59.0 Å². The highest BCUT2D eigenvalue weighted by Gasteiger charge is 2.24. The maximum atomic E-state index is 13.7. The van der Waals surface area contributed by atoms with Crippen LogP contribution in [0.2, 0.25) is 10.0 Å². The number of aryl methyl sites for hydroxylation is 1. The smallest absolute Gasteiger partial charge is 0.322 e. The molecule has 0 radical (unpaired) electrons. The number of benzene rings is 2. The van der Waals surface area contributed by atoms with Gasteiger partial charge < -0.3 is 24.3 Å². The number of morpholine rings is 1. The fourth-order valence-electron chi connectivity index (χ4n) is 4.20. The highest BCUT2D eigenvalue weighted by atomic mass is 35.5. The molecule has 1 fully saturated rings. The molecule has 0 aliphatic carbocycles. The molecule has 0 bridgehead atoms. The molecule has 1 aromatic heterocycles. The summed E-state index contributed by atoms with van der Waals surface area (Å²) in [6.07, 6.45) is 0. The number of carbonyl (C=O) groups excluding carboxylic acids is 2. The van der Waals surface area contributed by atoms with E-state index in [0.29, 0.717) is 42.8 Å². The second-order valence-electron chi connectivity index (χ2n) is 9.30. The van der Waals surface area contributed by atoms with Crippen LogP contribution in [0, 0.1) is 12.7 Å². The Morgan fingerprint density at radius 3 is 2.44 bits per heavy atom. The number of hydrogen-bond donors (Lipinski definition) is 1. The molecule has 3 amide bonds. The molecule has 1 saturated heterocycles. The molecule has 2 aromatic carbocycles. The summed E-state index contributed by atoms with van der Waals surface area (Å²) in [5, 5.41) is 3.32. The number of nitrogens with zero attached hydrogens (tertiary/aromatic N) is 3. The SMILES string of the molecule is Cc1ccc(CN(Cc2ccc(F)cc2)C(=O)CN(CCN2CCOCC2)C(=O)Nc2cccc(Cl)c2Cl)o1. The van der Waals surface area contributed by atoms with Crippen LogP contribution in [0.3, 0.4) is 0 Å². The Morgan fingerprint density at radius 1 is 1.00 bits per heavy atom. The first-order valence-corrected chi connectivity index (χ1v) is 13.4. The van der Waals surface area contributed by atoms with E-state index in [4.69, 9.17) is 32.4 Å². The van der Waals surface area contributed by atoms with Crippen molar-refractivity contribution in [3.63, 3.8) is 0 Å². The van der Waals surface area contributed by atoms with Gasteiger partial charge in [0.05, 0.1) is 35.5 Å². The summed E-state index contributed by atoms with van der Waals surface area (Å²) >= 11 is 12.4. The number of nitrogens with one attached hydrogen (secondary N) is 1. The third-order valence-corrected chi connectivity index (χ3v) is 7.20. The minimum absolute atomic E-state index is 0.185. The number of halogens is 3. The molecular weight excluding hydrogens is 546 g/mol. The van der Waals surface area contributed by atoms with Crippen LogP contribution >= 0.6 is 23.2 Å². The van der Waals surface area contributed by atoms with Gasteiger partial charge in [0, 0.05) is 32.7 Å². The van der Waals surface area contributed by atoms with Crippen molar-refractivity contribution in [2.24, 2.45) is 0 Å². The van der Waals surface area contributed by atoms with Gasteiger partial charge in [0.1, 0.15) is 23.9 Å². The molecular formula is C28H31Cl2FN4O4. The highest BCUT2D eigenvalue weighted by Crippen LogP contribution is 2.29. The van der Waals surface area contributed by atoms with Crippen molar-refractivity contribution < 1.29 is 23.1 Å². The first-order chi connectivity index (χ1) is 18.8. The molecule has 0 atom stereocenters. The van der Waals surface area contributed by atoms with Crippen LogP contribution in [0.4, 0.5) is 14.9 Å². The molecule has 1 aliphatic rings. The first kappa shape index (κ1) is 28.9. The fourth-order valence-corrected chi connectivity index (χ4v) is 4.55. The molecule has 208 valence electrons. The van der Waals surface area contributed by atoms with Gasteiger partial charge in [-0.25, -0.2) is 9.18 Å². The Hall–Kier alpha value is -3.11. The first-order valence-electron chi connectivity index (χ1n) is 12.7. The van der Waals surface area contributed by atoms with Crippen LogP contribution in [0.5, 0.6) is 0 Å². The number of hydrogen-bond acceptors (Lipinski definition) is 5. The van der Waals surface area contributed by atoms with Crippen LogP contribution in [-0.4, -0.2) is 72.6 Å². The third kappa shape index (κ3) is 8.44. The maximum Gasteiger partial charge on any atom is 0.322 e. The van der Waals surface area contributed by atoms with Gasteiger partial charge in [0.2, 0.25) is 5.91 Å². The Morgan fingerprint density at radius 2 is 1.74 bits per heavy atom. The average molecular weight is 577 g/mol. The van der Waals surface area contributed by atoms with Gasteiger partial charge in [-0.1, -0.05) is 41.4 Å². The van der Waals surface area contributed by atoms with E-state index in [9.17, 15) is 14.0 Å². The topological polar surface area (TPSA) is 78.3 Å². The summed E-state index contributed by atoms with van der Waals surface area (Å²) in [5.74, 6) is 0.689. The monoisotopic (exact) mass is 576 g/mol. The summed E-state index contributed by atoms with van der Waals surface area (Å²) < 4.78 is 24.6. The van der Waals surface area contributed by atoms with Crippen molar-refractivity contribution >= 4 is 40.8 Å². The van der Waals surface area contributed by atoms with E-state index in [1.54, 1.807) is 35.2 Å². The van der Waals surface area contributed by atoms with Crippen molar-refractivity contribution in [2.45, 2.75) is 20.0 Å². The second-order valence-corrected chi connectivity index (χ2v) is 10.1. The lowest BCUT2D eigenvalue weighted by atomic mass is 10.2. The fraction of sp³-hybridized carbons (Fsp3) is 0.357. The average Bonchev–Trinajstić information content (AvgIpc) is 3.34. The Kier molecular flexibility index (Phi) is 10.2. The molecule has 0 unspecified atom stereocenters. The predicted molar refractivity (Wildman–Crippen MR) is 148 cm³/mol. The van der Waals surface area contributed by atoms with E-state index in [2.05, 4.69) is 10.2 Å². The van der Waals surface area contributed by atoms with Crippen molar-refractivity contribution in [2.75, 3.05) is 51.3 Å². The maximum absolute atomic E-state index is 13.7. The quantitative estimate of drug-likeness (QED) is 0.348. The van der Waals surface area contributed by atoms with Gasteiger partial charge in [-0.05, 0) is 48.9 Å². The van der Waals surface area contributed by atoms with Crippen LogP contribution in [0.1, 0.15) is 17.1 Å². The largest absolute Gasteiger partial charge is 0.464 e. The zero-order valence-electron chi connectivity index (χ0n) is 21.7. The molecule has 1 aliphatic heterocycles. The number of ether oxygens (including phenoxy) is 1. The van der Waals surface area contributed by atoms with Crippen molar-refractivity contribution in [3.05, 3.63) is 87.5 Å². The summed E-state index contributed by atoms with van der Waals surface area (Å²) in [4.78, 5) is 32.3. The number of carbonyl (C=O) groups is 2. The van der Waals surface area contributed by atoms with Gasteiger partial charge in [-0.2, -0.15) is 0 Å². The van der Waals surface area contributed by atoms with Crippen molar-refractivity contribution in [1.29, 1.82) is 0 Å². The van der Waals surface area contributed by atoms with E-state index >= 15 is 0 Å². The molecule has 3 aromatic rings. The zero-order valence-corrected chi connectivity index (χ0v) is 23.2. The Balaban J connectivity index is 1.52. The highest BCUT2D eigenvalue weighted by molar-refractivity contribution is 6.43. The summed E-state index contributed by atoms with van der Waals surface area (Å²) in [6.45, 7) is 5.68. The summed E-state index contributed by atoms with van der Waals surface area (Å²) in [7, 11) is 0. The van der Waals surface area contributed by atoms with Gasteiger partial charge in [0.15, 0.2) is 0 Å². The molecule has 2 heterocycles. The van der Waals surface area contributed by atoms with Gasteiger partial charge in [0.25, 0.3) is 0 Å². The van der Waals surface area contributed by atoms with Gasteiger partial charge in [-0.3, -0.25) is 9.69 Å². The standard InChI is InChI=1S/C28H31Cl2FN4O4/c1-20-5-10-23(39-20)18-35(17-21-6-8-22(31)9-7-21)26(36)19-34(12-11-33-13-15-38-16-14-33)28(37)32-25-4-2-3-24(29)27(25)30/h2-10H,11-19H2,1H3,(H,32,37). The number of urea groups is 1. The lowest BCUT2D eigenvalue weighted by Crippen LogP contribution is -2.48. The van der Waals surface area contributed by atoms with E-state index < -0.39 is 6.03 Å². The molecule has 1 N–H and O–H groups in total. The van der Waals surface area contributed by atoms with Crippen molar-refractivity contribution in [1.82, 2.24) is 14.7 Å². The predicted octanol–water partition coefficient (Wildman–Crippen LogP) is 5.43. The third-order valence-electron chi connectivity index (χ3n) is 6.38. The molecule has 39 heavy (non-hydrogen) atoms. The van der Waals surface area contributed by atoms with E-state index in [1.165, 1.54) is 17.0 Å².